The van der Waals surface area contributed by atoms with Crippen LogP contribution in [0.3, 0.4) is 0 Å². The van der Waals surface area contributed by atoms with Gasteiger partial charge in [-0.05, 0) is 19.3 Å². The topological polar surface area (TPSA) is 74.6 Å². The Kier molecular flexibility index (Phi) is 1.98. The first-order valence-electron chi connectivity index (χ1n) is 3.16. The van der Waals surface area contributed by atoms with Crippen molar-refractivity contribution in [1.29, 1.82) is 0 Å². The zero-order valence-electron chi connectivity index (χ0n) is 5.40. The second-order valence-corrected chi connectivity index (χ2v) is 4.19. The molecule has 0 spiro atoms. The Bertz CT molecular complexity index is 208. The van der Waals surface area contributed by atoms with Gasteiger partial charge in [0.2, 0.25) is 0 Å². The first-order chi connectivity index (χ1) is 4.52. The number of rotatable bonds is 1. The van der Waals surface area contributed by atoms with E-state index in [1.807, 2.05) is 0 Å². The van der Waals surface area contributed by atoms with E-state index in [1.54, 1.807) is 0 Å². The molecule has 1 aliphatic rings. The van der Waals surface area contributed by atoms with Gasteiger partial charge in [-0.15, -0.1) is 0 Å². The van der Waals surface area contributed by atoms with Crippen molar-refractivity contribution in [2.45, 2.75) is 30.6 Å². The summed E-state index contributed by atoms with van der Waals surface area (Å²) < 4.78 is 29.4. The molecule has 2 N–H and O–H groups in total. The summed E-state index contributed by atoms with van der Waals surface area (Å²) in [6.07, 6.45) is 0.658. The third-order valence-corrected chi connectivity index (χ3v) is 3.12. The van der Waals surface area contributed by atoms with Gasteiger partial charge in [0.1, 0.15) is 5.25 Å². The van der Waals surface area contributed by atoms with E-state index in [9.17, 15) is 8.42 Å². The highest BCUT2D eigenvalue weighted by molar-refractivity contribution is 7.86. The summed E-state index contributed by atoms with van der Waals surface area (Å²) >= 11 is 0. The Morgan fingerprint density at radius 2 is 1.90 bits per heavy atom. The van der Waals surface area contributed by atoms with Gasteiger partial charge in [-0.25, -0.2) is 0 Å². The normalized spacial score (nSPS) is 34.6. The quantitative estimate of drug-likeness (QED) is 0.528. The fourth-order valence-electron chi connectivity index (χ4n) is 1.25. The van der Waals surface area contributed by atoms with E-state index >= 15 is 0 Å². The number of hydrogen-bond donors (Lipinski definition) is 2. The standard InChI is InChI=1S/C5H10O4S/c6-4-2-1-3-5(4)10(7,8)9/h4-6H,1-3H2,(H,7,8,9). The molecule has 1 fully saturated rings. The molecule has 5 heteroatoms. The highest BCUT2D eigenvalue weighted by Crippen LogP contribution is 2.24. The largest absolute Gasteiger partial charge is 0.392 e. The molecule has 2 unspecified atom stereocenters. The number of aliphatic hydroxyl groups is 1. The fraction of sp³-hybridized carbons (Fsp3) is 1.00. The molecule has 1 saturated carbocycles. The van der Waals surface area contributed by atoms with Gasteiger partial charge in [0, 0.05) is 0 Å². The SMILES string of the molecule is O=S(=O)(O)C1CCCC1O. The summed E-state index contributed by atoms with van der Waals surface area (Å²) in [7, 11) is -4.00. The number of aliphatic hydroxyl groups excluding tert-OH is 1. The average Bonchev–Trinajstić information content (AvgIpc) is 2.11. The maximum Gasteiger partial charge on any atom is 0.270 e. The van der Waals surface area contributed by atoms with E-state index in [0.29, 0.717) is 19.3 Å². The molecular weight excluding hydrogens is 156 g/mol. The van der Waals surface area contributed by atoms with Crippen molar-refractivity contribution in [2.24, 2.45) is 0 Å². The molecule has 0 heterocycles. The van der Waals surface area contributed by atoms with Crippen molar-refractivity contribution in [3.63, 3.8) is 0 Å². The smallest absolute Gasteiger partial charge is 0.270 e. The molecule has 0 bridgehead atoms. The summed E-state index contributed by atoms with van der Waals surface area (Å²) in [5.41, 5.74) is 0. The predicted octanol–water partition coefficient (Wildman–Crippen LogP) is -0.212. The molecule has 60 valence electrons. The van der Waals surface area contributed by atoms with E-state index in [2.05, 4.69) is 0 Å². The Balaban J connectivity index is 2.74. The molecule has 0 aromatic carbocycles. The summed E-state index contributed by atoms with van der Waals surface area (Å²) in [5.74, 6) is 0. The highest BCUT2D eigenvalue weighted by atomic mass is 32.2. The van der Waals surface area contributed by atoms with E-state index in [1.165, 1.54) is 0 Å². The van der Waals surface area contributed by atoms with Gasteiger partial charge in [-0.1, -0.05) is 0 Å². The zero-order chi connectivity index (χ0) is 7.78. The van der Waals surface area contributed by atoms with Gasteiger partial charge in [0.05, 0.1) is 6.10 Å². The molecule has 0 radical (unpaired) electrons. The van der Waals surface area contributed by atoms with Gasteiger partial charge in [0.25, 0.3) is 10.1 Å². The van der Waals surface area contributed by atoms with Gasteiger partial charge in [0.15, 0.2) is 0 Å². The van der Waals surface area contributed by atoms with E-state index in [-0.39, 0.29) is 0 Å². The molecule has 0 aliphatic heterocycles. The second kappa shape index (κ2) is 2.48. The molecule has 1 aliphatic carbocycles. The van der Waals surface area contributed by atoms with E-state index in [4.69, 9.17) is 9.66 Å². The van der Waals surface area contributed by atoms with Crippen LogP contribution >= 0.6 is 0 Å². The molecule has 2 atom stereocenters. The molecule has 0 amide bonds. The minimum Gasteiger partial charge on any atom is -0.392 e. The van der Waals surface area contributed by atoms with Crippen LogP contribution in [0.5, 0.6) is 0 Å². The van der Waals surface area contributed by atoms with Crippen LogP contribution in [0.25, 0.3) is 0 Å². The molecular formula is C5H10O4S. The first-order valence-corrected chi connectivity index (χ1v) is 4.66. The minimum atomic E-state index is -4.00. The summed E-state index contributed by atoms with van der Waals surface area (Å²) in [4.78, 5) is 0. The van der Waals surface area contributed by atoms with Gasteiger partial charge >= 0.3 is 0 Å². The van der Waals surface area contributed by atoms with Crippen LogP contribution in [-0.4, -0.2) is 29.4 Å². The van der Waals surface area contributed by atoms with Crippen molar-refractivity contribution in [1.82, 2.24) is 0 Å². The maximum atomic E-state index is 10.4. The Morgan fingerprint density at radius 3 is 2.10 bits per heavy atom. The first kappa shape index (κ1) is 7.97. The second-order valence-electron chi connectivity index (χ2n) is 2.55. The maximum absolute atomic E-state index is 10.4. The van der Waals surface area contributed by atoms with Crippen molar-refractivity contribution in [3.8, 4) is 0 Å². The highest BCUT2D eigenvalue weighted by Gasteiger charge is 2.34. The molecule has 4 nitrogen and oxygen atoms in total. The van der Waals surface area contributed by atoms with Crippen molar-refractivity contribution < 1.29 is 18.1 Å². The van der Waals surface area contributed by atoms with Crippen molar-refractivity contribution >= 4 is 10.1 Å². The predicted molar refractivity (Wildman–Crippen MR) is 35.2 cm³/mol. The van der Waals surface area contributed by atoms with Crippen LogP contribution in [0.15, 0.2) is 0 Å². The Hall–Kier alpha value is -0.130. The van der Waals surface area contributed by atoms with E-state index < -0.39 is 21.5 Å². The van der Waals surface area contributed by atoms with Crippen LogP contribution in [0.2, 0.25) is 0 Å². The van der Waals surface area contributed by atoms with Crippen LogP contribution in [0, 0.1) is 0 Å². The monoisotopic (exact) mass is 166 g/mol. The molecule has 0 saturated heterocycles. The third-order valence-electron chi connectivity index (χ3n) is 1.80. The minimum absolute atomic E-state index is 0.375. The Labute approximate surface area is 59.6 Å². The third kappa shape index (κ3) is 1.47. The van der Waals surface area contributed by atoms with Crippen LogP contribution in [0.1, 0.15) is 19.3 Å². The van der Waals surface area contributed by atoms with Crippen molar-refractivity contribution in [3.05, 3.63) is 0 Å². The van der Waals surface area contributed by atoms with Crippen LogP contribution < -0.4 is 0 Å². The average molecular weight is 166 g/mol. The zero-order valence-corrected chi connectivity index (χ0v) is 6.21. The van der Waals surface area contributed by atoms with Crippen LogP contribution in [-0.2, 0) is 10.1 Å². The lowest BCUT2D eigenvalue weighted by Gasteiger charge is -2.08. The Morgan fingerprint density at radius 1 is 1.30 bits per heavy atom. The number of hydrogen-bond acceptors (Lipinski definition) is 3. The molecule has 0 aromatic rings. The molecule has 10 heavy (non-hydrogen) atoms. The van der Waals surface area contributed by atoms with Crippen molar-refractivity contribution in [2.75, 3.05) is 0 Å². The summed E-state index contributed by atoms with van der Waals surface area (Å²) in [6, 6.07) is 0. The lowest BCUT2D eigenvalue weighted by atomic mass is 10.3. The summed E-state index contributed by atoms with van der Waals surface area (Å²) in [6.45, 7) is 0. The summed E-state index contributed by atoms with van der Waals surface area (Å²) in [5, 5.41) is 8.05. The molecule has 0 aromatic heterocycles. The van der Waals surface area contributed by atoms with E-state index in [0.717, 1.165) is 0 Å². The van der Waals surface area contributed by atoms with Gasteiger partial charge in [-0.2, -0.15) is 8.42 Å². The van der Waals surface area contributed by atoms with Gasteiger partial charge < -0.3 is 5.11 Å². The van der Waals surface area contributed by atoms with Gasteiger partial charge in [-0.3, -0.25) is 4.55 Å². The fourth-order valence-corrected chi connectivity index (χ4v) is 2.25. The lowest BCUT2D eigenvalue weighted by Crippen LogP contribution is -2.28. The molecule has 1 rings (SSSR count). The van der Waals surface area contributed by atoms with Crippen LogP contribution in [0.4, 0.5) is 0 Å². The lowest BCUT2D eigenvalue weighted by molar-refractivity contribution is 0.182.